The summed E-state index contributed by atoms with van der Waals surface area (Å²) >= 11 is 1.82. The average Bonchev–Trinajstić information content (AvgIpc) is 2.91. The number of aryl methyl sites for hydroxylation is 2. The normalized spacial score (nSPS) is 15.1. The van der Waals surface area contributed by atoms with E-state index in [0.717, 1.165) is 77.1 Å². The number of anilines is 2. The predicted octanol–water partition coefficient (Wildman–Crippen LogP) is 5.21. The first-order valence-electron chi connectivity index (χ1n) is 12.8. The molecule has 0 radical (unpaired) electrons. The minimum atomic E-state index is 0.473. The number of thioether (sulfide) groups is 1. The fourth-order valence-corrected chi connectivity index (χ4v) is 5.53. The van der Waals surface area contributed by atoms with Crippen LogP contribution in [-0.2, 0) is 17.6 Å². The van der Waals surface area contributed by atoms with Gasteiger partial charge in [-0.25, -0.2) is 9.97 Å². The van der Waals surface area contributed by atoms with Gasteiger partial charge in [0.15, 0.2) is 0 Å². The van der Waals surface area contributed by atoms with Crippen LogP contribution in [0.2, 0.25) is 0 Å². The van der Waals surface area contributed by atoms with Gasteiger partial charge in [0, 0.05) is 40.7 Å². The van der Waals surface area contributed by atoms with Gasteiger partial charge in [0.05, 0.1) is 18.9 Å². The molecule has 2 aromatic carbocycles. The number of hydrogen-bond acceptors (Lipinski definition) is 8. The summed E-state index contributed by atoms with van der Waals surface area (Å²) in [6, 6.07) is 12.5. The Morgan fingerprint density at radius 2 is 1.78 bits per heavy atom. The molecule has 1 N–H and O–H groups in total. The molecule has 3 aromatic rings. The van der Waals surface area contributed by atoms with E-state index in [4.69, 9.17) is 19.2 Å². The van der Waals surface area contributed by atoms with Gasteiger partial charge in [-0.1, -0.05) is 19.9 Å². The first-order chi connectivity index (χ1) is 17.7. The van der Waals surface area contributed by atoms with Gasteiger partial charge in [0.2, 0.25) is 5.95 Å². The molecule has 1 aromatic heterocycles. The molecule has 0 atom stereocenters. The SMILES string of the molecule is CCN(CC)CCSc1ccc2cc1OCCOCCOc1ccc3c(c1)-c1nc(ncc1CC3)N2. The Bertz CT molecular complexity index is 1190. The topological polar surface area (TPSA) is 68.7 Å². The summed E-state index contributed by atoms with van der Waals surface area (Å²) in [6.07, 6.45) is 3.86. The van der Waals surface area contributed by atoms with Crippen LogP contribution in [-0.4, -0.2) is 66.7 Å². The fraction of sp³-hybridized carbons (Fsp3) is 0.429. The highest BCUT2D eigenvalue weighted by Gasteiger charge is 2.20. The van der Waals surface area contributed by atoms with Crippen molar-refractivity contribution in [1.29, 1.82) is 0 Å². The number of hydrogen-bond donors (Lipinski definition) is 1. The van der Waals surface area contributed by atoms with Gasteiger partial charge in [-0.2, -0.15) is 0 Å². The summed E-state index contributed by atoms with van der Waals surface area (Å²) in [7, 11) is 0. The van der Waals surface area contributed by atoms with Crippen molar-refractivity contribution in [2.75, 3.05) is 57.1 Å². The number of aromatic nitrogens is 2. The van der Waals surface area contributed by atoms with Gasteiger partial charge in [-0.15, -0.1) is 11.8 Å². The molecule has 36 heavy (non-hydrogen) atoms. The van der Waals surface area contributed by atoms with Crippen LogP contribution in [0, 0.1) is 0 Å². The van der Waals surface area contributed by atoms with E-state index >= 15 is 0 Å². The lowest BCUT2D eigenvalue weighted by atomic mass is 9.90. The third-order valence-corrected chi connectivity index (χ3v) is 7.64. The van der Waals surface area contributed by atoms with Gasteiger partial charge >= 0.3 is 0 Å². The highest BCUT2D eigenvalue weighted by Crippen LogP contribution is 2.36. The molecule has 0 amide bonds. The number of nitrogens with zero attached hydrogens (tertiary/aromatic N) is 3. The second-order valence-corrected chi connectivity index (χ2v) is 9.99. The molecule has 0 unspecified atom stereocenters. The Morgan fingerprint density at radius 1 is 0.944 bits per heavy atom. The maximum atomic E-state index is 6.17. The van der Waals surface area contributed by atoms with Crippen molar-refractivity contribution < 1.29 is 14.2 Å². The molecule has 0 spiro atoms. The molecule has 0 saturated carbocycles. The van der Waals surface area contributed by atoms with Crippen LogP contribution in [0.1, 0.15) is 25.0 Å². The largest absolute Gasteiger partial charge is 0.491 e. The third kappa shape index (κ3) is 5.94. The van der Waals surface area contributed by atoms with Crippen LogP contribution in [0.4, 0.5) is 11.6 Å². The first kappa shape index (κ1) is 24.9. The Balaban J connectivity index is 1.42. The molecule has 6 bridgehead atoms. The predicted molar refractivity (Wildman–Crippen MR) is 145 cm³/mol. The maximum Gasteiger partial charge on any atom is 0.227 e. The lowest BCUT2D eigenvalue weighted by Gasteiger charge is -2.20. The quantitative estimate of drug-likeness (QED) is 0.457. The molecular formula is C28H34N4O3S. The first-order valence-corrected chi connectivity index (χ1v) is 13.8. The van der Waals surface area contributed by atoms with E-state index in [1.165, 1.54) is 5.56 Å². The highest BCUT2D eigenvalue weighted by atomic mass is 32.2. The van der Waals surface area contributed by atoms with Crippen molar-refractivity contribution in [2.24, 2.45) is 0 Å². The molecule has 1 aliphatic carbocycles. The Labute approximate surface area is 217 Å². The van der Waals surface area contributed by atoms with Gasteiger partial charge in [0.25, 0.3) is 0 Å². The summed E-state index contributed by atoms with van der Waals surface area (Å²) in [4.78, 5) is 13.1. The molecule has 2 aliphatic rings. The Hall–Kier alpha value is -2.81. The lowest BCUT2D eigenvalue weighted by Crippen LogP contribution is -2.25. The van der Waals surface area contributed by atoms with Gasteiger partial charge in [-0.3, -0.25) is 0 Å². The van der Waals surface area contributed by atoms with Crippen LogP contribution in [0.25, 0.3) is 11.3 Å². The third-order valence-electron chi connectivity index (χ3n) is 6.61. The number of rotatable bonds is 6. The molecule has 0 saturated heterocycles. The molecule has 5 rings (SSSR count). The molecule has 8 heteroatoms. The van der Waals surface area contributed by atoms with Crippen molar-refractivity contribution in [3.05, 3.63) is 53.7 Å². The molecule has 2 heterocycles. The zero-order valence-corrected chi connectivity index (χ0v) is 21.9. The summed E-state index contributed by atoms with van der Waals surface area (Å²) in [5, 5.41) is 3.39. The van der Waals surface area contributed by atoms with E-state index in [-0.39, 0.29) is 0 Å². The van der Waals surface area contributed by atoms with Crippen molar-refractivity contribution >= 4 is 23.4 Å². The fourth-order valence-electron chi connectivity index (χ4n) is 4.54. The second-order valence-electron chi connectivity index (χ2n) is 8.86. The van der Waals surface area contributed by atoms with Crippen LogP contribution < -0.4 is 14.8 Å². The van der Waals surface area contributed by atoms with E-state index in [0.29, 0.717) is 32.4 Å². The zero-order chi connectivity index (χ0) is 24.7. The molecule has 1 aliphatic heterocycles. The number of nitrogens with one attached hydrogen (secondary N) is 1. The molecule has 7 nitrogen and oxygen atoms in total. The van der Waals surface area contributed by atoms with Crippen LogP contribution in [0.3, 0.4) is 0 Å². The smallest absolute Gasteiger partial charge is 0.227 e. The Morgan fingerprint density at radius 3 is 2.64 bits per heavy atom. The van der Waals surface area contributed by atoms with Crippen LogP contribution in [0.15, 0.2) is 47.5 Å². The Kier molecular flexibility index (Phi) is 8.25. The van der Waals surface area contributed by atoms with Gasteiger partial charge in [0.1, 0.15) is 24.7 Å². The van der Waals surface area contributed by atoms with Crippen molar-refractivity contribution in [3.8, 4) is 22.8 Å². The zero-order valence-electron chi connectivity index (χ0n) is 21.1. The van der Waals surface area contributed by atoms with Gasteiger partial charge in [-0.05, 0) is 61.3 Å². The van der Waals surface area contributed by atoms with Crippen molar-refractivity contribution in [1.82, 2.24) is 14.9 Å². The van der Waals surface area contributed by atoms with Crippen molar-refractivity contribution in [3.63, 3.8) is 0 Å². The minimum absolute atomic E-state index is 0.473. The van der Waals surface area contributed by atoms with Crippen LogP contribution >= 0.6 is 11.8 Å². The monoisotopic (exact) mass is 506 g/mol. The molecule has 190 valence electrons. The van der Waals surface area contributed by atoms with E-state index < -0.39 is 0 Å². The van der Waals surface area contributed by atoms with E-state index in [9.17, 15) is 0 Å². The number of benzene rings is 2. The van der Waals surface area contributed by atoms with Crippen molar-refractivity contribution in [2.45, 2.75) is 31.6 Å². The van der Waals surface area contributed by atoms with E-state index in [1.54, 1.807) is 0 Å². The summed E-state index contributed by atoms with van der Waals surface area (Å²) in [5.74, 6) is 3.26. The number of fused-ring (bicyclic) bond motifs is 4. The highest BCUT2D eigenvalue weighted by molar-refractivity contribution is 7.99. The van der Waals surface area contributed by atoms with Crippen LogP contribution in [0.5, 0.6) is 11.5 Å². The second kappa shape index (κ2) is 12.0. The minimum Gasteiger partial charge on any atom is -0.491 e. The van der Waals surface area contributed by atoms with E-state index in [2.05, 4.69) is 53.3 Å². The molecule has 0 fully saturated rings. The summed E-state index contributed by atoms with van der Waals surface area (Å²) in [6.45, 7) is 9.56. The lowest BCUT2D eigenvalue weighted by molar-refractivity contribution is 0.0758. The maximum absolute atomic E-state index is 6.17. The summed E-state index contributed by atoms with van der Waals surface area (Å²) in [5.41, 5.74) is 5.44. The average molecular weight is 507 g/mol. The summed E-state index contributed by atoms with van der Waals surface area (Å²) < 4.78 is 17.9. The standard InChI is InChI=1S/C28H34N4O3S/c1-3-32(4-2)11-16-36-26-10-8-22-17-25(26)35-15-13-33-12-14-34-23-9-7-20-5-6-21-19-29-28(30-22)31-27(21)24(20)18-23/h7-10,17-19H,3-6,11-16H2,1-2H3,(H,29,30,31). The molecular weight excluding hydrogens is 472 g/mol. The van der Waals surface area contributed by atoms with Gasteiger partial charge < -0.3 is 24.4 Å². The number of ether oxygens (including phenoxy) is 3. The van der Waals surface area contributed by atoms with E-state index in [1.807, 2.05) is 30.1 Å².